The summed E-state index contributed by atoms with van der Waals surface area (Å²) in [6, 6.07) is 49.5. The zero-order valence-corrected chi connectivity index (χ0v) is 26.0. The second-order valence-corrected chi connectivity index (χ2v) is 13.0. The van der Waals surface area contributed by atoms with Crippen LogP contribution in [0.3, 0.4) is 0 Å². The first-order valence-electron chi connectivity index (χ1n) is 16.1. The first-order chi connectivity index (χ1) is 23.1. The number of aromatic nitrogens is 5. The van der Waals surface area contributed by atoms with Gasteiger partial charge in [0.25, 0.3) is 5.78 Å². The second-order valence-electron chi connectivity index (χ2n) is 13.0. The van der Waals surface area contributed by atoms with E-state index in [1.807, 2.05) is 34.8 Å². The highest BCUT2D eigenvalue weighted by Crippen LogP contribution is 2.51. The third-order valence-corrected chi connectivity index (χ3v) is 9.97. The summed E-state index contributed by atoms with van der Waals surface area (Å²) >= 11 is 0. The molecule has 0 unspecified atom stereocenters. The van der Waals surface area contributed by atoms with Gasteiger partial charge in [0.05, 0.1) is 22.2 Å². The first-order valence-corrected chi connectivity index (χ1v) is 16.1. The summed E-state index contributed by atoms with van der Waals surface area (Å²) in [5, 5.41) is 8.56. The Morgan fingerprint density at radius 1 is 0.511 bits per heavy atom. The lowest BCUT2D eigenvalue weighted by Crippen LogP contribution is -2.14. The van der Waals surface area contributed by atoms with Crippen LogP contribution in [0.4, 0.5) is 0 Å². The van der Waals surface area contributed by atoms with Crippen LogP contribution in [0.1, 0.15) is 25.0 Å². The summed E-state index contributed by atoms with van der Waals surface area (Å²) in [6.07, 6.45) is 0. The summed E-state index contributed by atoms with van der Waals surface area (Å²) in [5.41, 5.74) is 12.7. The average Bonchev–Trinajstić information content (AvgIpc) is 3.77. The lowest BCUT2D eigenvalue weighted by Gasteiger charge is -2.21. The molecule has 5 heteroatoms. The summed E-state index contributed by atoms with van der Waals surface area (Å²) in [6.45, 7) is 4.68. The monoisotopic (exact) mass is 603 g/mol. The van der Waals surface area contributed by atoms with E-state index in [1.165, 1.54) is 44.1 Å². The molecule has 0 atom stereocenters. The van der Waals surface area contributed by atoms with E-state index in [2.05, 4.69) is 128 Å². The van der Waals surface area contributed by atoms with Crippen molar-refractivity contribution in [2.45, 2.75) is 19.3 Å². The number of benzene rings is 6. The van der Waals surface area contributed by atoms with E-state index in [-0.39, 0.29) is 5.41 Å². The Morgan fingerprint density at radius 2 is 1.23 bits per heavy atom. The lowest BCUT2D eigenvalue weighted by atomic mass is 9.82. The number of hydrogen-bond donors (Lipinski definition) is 0. The minimum Gasteiger partial charge on any atom is -0.309 e. The van der Waals surface area contributed by atoms with Crippen molar-refractivity contribution in [3.8, 4) is 39.5 Å². The van der Waals surface area contributed by atoms with Crippen molar-refractivity contribution in [2.24, 2.45) is 0 Å². The van der Waals surface area contributed by atoms with E-state index in [0.29, 0.717) is 11.6 Å². The van der Waals surface area contributed by atoms with E-state index < -0.39 is 0 Å². The Morgan fingerprint density at radius 3 is 2.11 bits per heavy atom. The molecule has 0 aliphatic heterocycles. The van der Waals surface area contributed by atoms with Gasteiger partial charge in [0.1, 0.15) is 0 Å². The molecule has 9 aromatic rings. The predicted molar refractivity (Wildman–Crippen MR) is 191 cm³/mol. The molecule has 0 fully saturated rings. The molecule has 0 saturated carbocycles. The van der Waals surface area contributed by atoms with Gasteiger partial charge in [-0.2, -0.15) is 9.50 Å². The molecule has 5 nitrogen and oxygen atoms in total. The summed E-state index contributed by atoms with van der Waals surface area (Å²) in [4.78, 5) is 10.0. The van der Waals surface area contributed by atoms with Crippen molar-refractivity contribution >= 4 is 38.5 Å². The van der Waals surface area contributed by atoms with E-state index in [1.54, 1.807) is 0 Å². The van der Waals surface area contributed by atoms with Gasteiger partial charge in [0.2, 0.25) is 0 Å². The molecule has 47 heavy (non-hydrogen) atoms. The van der Waals surface area contributed by atoms with Crippen molar-refractivity contribution < 1.29 is 0 Å². The van der Waals surface area contributed by atoms with Gasteiger partial charge in [0, 0.05) is 38.4 Å². The van der Waals surface area contributed by atoms with Gasteiger partial charge in [-0.25, -0.2) is 4.98 Å². The van der Waals surface area contributed by atoms with Gasteiger partial charge in [-0.1, -0.05) is 117 Å². The zero-order chi connectivity index (χ0) is 31.3. The van der Waals surface area contributed by atoms with Crippen molar-refractivity contribution in [3.63, 3.8) is 0 Å². The van der Waals surface area contributed by atoms with Gasteiger partial charge >= 0.3 is 0 Å². The molecule has 0 saturated heterocycles. The molecule has 0 spiro atoms. The van der Waals surface area contributed by atoms with E-state index in [9.17, 15) is 0 Å². The van der Waals surface area contributed by atoms with Crippen molar-refractivity contribution in [1.29, 1.82) is 0 Å². The smallest absolute Gasteiger partial charge is 0.253 e. The minimum atomic E-state index is -0.0852. The molecule has 10 rings (SSSR count). The van der Waals surface area contributed by atoms with Crippen LogP contribution in [0, 0.1) is 0 Å². The van der Waals surface area contributed by atoms with Gasteiger partial charge in [-0.3, -0.25) is 0 Å². The quantitative estimate of drug-likeness (QED) is 0.202. The topological polar surface area (TPSA) is 48.0 Å². The fraction of sp³-hybridized carbons (Fsp3) is 0.0714. The van der Waals surface area contributed by atoms with Crippen LogP contribution in [-0.4, -0.2) is 24.1 Å². The van der Waals surface area contributed by atoms with Crippen molar-refractivity contribution in [2.75, 3.05) is 0 Å². The molecule has 222 valence electrons. The molecular weight excluding hydrogens is 574 g/mol. The SMILES string of the molecule is CC1(C)c2ccccc2-c2cc3c4ccccc4n(-c4cccc(-c5nc6nc(-c7ccccc7)c7ccccc7n6n5)c4)c3cc21. The highest BCUT2D eigenvalue weighted by Gasteiger charge is 2.36. The van der Waals surface area contributed by atoms with Gasteiger partial charge < -0.3 is 4.57 Å². The number of para-hydroxylation sites is 2. The standard InChI is InChI=1S/C42H29N5/c1-42(2)34-20-9-6-17-29(34)32-24-33-30-18-7-10-21-36(30)46(38(33)25-35(32)42)28-16-12-15-27(23-28)40-44-41-43-39(26-13-4-3-5-14-26)31-19-8-11-22-37(31)47(41)45-40/h3-25H,1-2H3. The molecule has 0 bridgehead atoms. The zero-order valence-electron chi connectivity index (χ0n) is 26.0. The lowest BCUT2D eigenvalue weighted by molar-refractivity contribution is 0.661. The highest BCUT2D eigenvalue weighted by molar-refractivity contribution is 6.11. The summed E-state index contributed by atoms with van der Waals surface area (Å²) < 4.78 is 4.26. The molecule has 3 aromatic heterocycles. The number of rotatable bonds is 3. The Balaban J connectivity index is 1.18. The second kappa shape index (κ2) is 9.47. The third-order valence-electron chi connectivity index (χ3n) is 9.97. The maximum atomic E-state index is 5.02. The highest BCUT2D eigenvalue weighted by atomic mass is 15.3. The molecule has 1 aliphatic carbocycles. The largest absolute Gasteiger partial charge is 0.309 e. The molecule has 3 heterocycles. The Kier molecular flexibility index (Phi) is 5.28. The number of nitrogens with zero attached hydrogens (tertiary/aromatic N) is 5. The van der Waals surface area contributed by atoms with Crippen molar-refractivity contribution in [3.05, 3.63) is 151 Å². The molecule has 0 amide bonds. The number of hydrogen-bond acceptors (Lipinski definition) is 3. The van der Waals surface area contributed by atoms with E-state index >= 15 is 0 Å². The van der Waals surface area contributed by atoms with Crippen LogP contribution in [-0.2, 0) is 5.41 Å². The molecule has 0 N–H and O–H groups in total. The maximum Gasteiger partial charge on any atom is 0.253 e. The van der Waals surface area contributed by atoms with Crippen LogP contribution < -0.4 is 0 Å². The van der Waals surface area contributed by atoms with E-state index in [4.69, 9.17) is 15.1 Å². The predicted octanol–water partition coefficient (Wildman–Crippen LogP) is 10.0. The minimum absolute atomic E-state index is 0.0852. The molecule has 6 aromatic carbocycles. The Hall–Kier alpha value is -6.07. The summed E-state index contributed by atoms with van der Waals surface area (Å²) in [7, 11) is 0. The van der Waals surface area contributed by atoms with Crippen LogP contribution >= 0.6 is 0 Å². The average molecular weight is 604 g/mol. The fourth-order valence-corrected chi connectivity index (χ4v) is 7.72. The Labute approximate surface area is 271 Å². The molecular formula is C42H29N5. The van der Waals surface area contributed by atoms with Gasteiger partial charge in [-0.15, -0.1) is 5.10 Å². The van der Waals surface area contributed by atoms with Gasteiger partial charge in [-0.05, 0) is 58.7 Å². The maximum absolute atomic E-state index is 5.02. The van der Waals surface area contributed by atoms with Crippen LogP contribution in [0.15, 0.2) is 140 Å². The van der Waals surface area contributed by atoms with Crippen LogP contribution in [0.5, 0.6) is 0 Å². The fourth-order valence-electron chi connectivity index (χ4n) is 7.72. The number of fused-ring (bicyclic) bond motifs is 9. The third kappa shape index (κ3) is 3.68. The molecule has 1 aliphatic rings. The van der Waals surface area contributed by atoms with Crippen LogP contribution in [0.25, 0.3) is 77.9 Å². The van der Waals surface area contributed by atoms with E-state index in [0.717, 1.165) is 33.4 Å². The first kappa shape index (κ1) is 26.2. The van der Waals surface area contributed by atoms with Crippen molar-refractivity contribution in [1.82, 2.24) is 24.1 Å². The summed E-state index contributed by atoms with van der Waals surface area (Å²) in [5.74, 6) is 1.23. The van der Waals surface area contributed by atoms with Crippen LogP contribution in [0.2, 0.25) is 0 Å². The molecule has 0 radical (unpaired) electrons. The normalized spacial score (nSPS) is 13.5. The van der Waals surface area contributed by atoms with Gasteiger partial charge in [0.15, 0.2) is 5.82 Å². The Bertz CT molecular complexity index is 2710.